The van der Waals surface area contributed by atoms with Crippen LogP contribution in [0.4, 0.5) is 5.69 Å². The first kappa shape index (κ1) is 23.5. The van der Waals surface area contributed by atoms with E-state index in [1.807, 2.05) is 31.2 Å². The molecule has 4 rings (SSSR count). The second-order valence-corrected chi connectivity index (χ2v) is 9.04. The highest BCUT2D eigenvalue weighted by Crippen LogP contribution is 2.33. The van der Waals surface area contributed by atoms with Gasteiger partial charge in [0, 0.05) is 48.6 Å². The van der Waals surface area contributed by atoms with Crippen LogP contribution >= 0.6 is 0 Å². The molecule has 176 valence electrons. The number of pyridine rings is 1. The number of hydrogen-bond donors (Lipinski definition) is 2. The minimum atomic E-state index is -0.693. The maximum absolute atomic E-state index is 11.3. The molecule has 0 radical (unpaired) electrons. The summed E-state index contributed by atoms with van der Waals surface area (Å²) in [6.07, 6.45) is 3.63. The molecular formula is C28H31N3O3. The topological polar surface area (TPSA) is 86.0 Å². The summed E-state index contributed by atoms with van der Waals surface area (Å²) >= 11 is 0. The Bertz CT molecular complexity index is 1170. The molecule has 1 saturated heterocycles. The van der Waals surface area contributed by atoms with Gasteiger partial charge >= 0.3 is 5.97 Å². The fourth-order valence-corrected chi connectivity index (χ4v) is 4.82. The van der Waals surface area contributed by atoms with Crippen molar-refractivity contribution >= 4 is 17.4 Å². The number of aryl methyl sites for hydroxylation is 2. The quantitative estimate of drug-likeness (QED) is 0.282. The first-order chi connectivity index (χ1) is 16.5. The van der Waals surface area contributed by atoms with Gasteiger partial charge in [0.2, 0.25) is 0 Å². The van der Waals surface area contributed by atoms with Gasteiger partial charge < -0.3 is 15.2 Å². The van der Waals surface area contributed by atoms with Gasteiger partial charge in [-0.2, -0.15) is 0 Å². The number of aromatic nitrogens is 1. The van der Waals surface area contributed by atoms with Gasteiger partial charge in [0.1, 0.15) is 0 Å². The van der Waals surface area contributed by atoms with Crippen LogP contribution in [0.5, 0.6) is 0 Å². The molecule has 1 aliphatic rings. The third kappa shape index (κ3) is 5.28. The lowest BCUT2D eigenvalue weighted by Crippen LogP contribution is -2.36. The van der Waals surface area contributed by atoms with Crippen LogP contribution in [-0.2, 0) is 4.79 Å². The number of hydrogen-bond acceptors (Lipinski definition) is 5. The Hall–Kier alpha value is -3.67. The van der Waals surface area contributed by atoms with Crippen LogP contribution in [0.2, 0.25) is 0 Å². The number of anilines is 1. The van der Waals surface area contributed by atoms with E-state index in [-0.39, 0.29) is 11.8 Å². The minimum Gasteiger partial charge on any atom is -0.481 e. The van der Waals surface area contributed by atoms with Crippen LogP contribution in [0.15, 0.2) is 72.0 Å². The fourth-order valence-electron chi connectivity index (χ4n) is 4.82. The van der Waals surface area contributed by atoms with E-state index in [0.717, 1.165) is 35.6 Å². The molecule has 1 aromatic heterocycles. The van der Waals surface area contributed by atoms with Crippen molar-refractivity contribution < 1.29 is 15.1 Å². The van der Waals surface area contributed by atoms with E-state index < -0.39 is 5.97 Å². The molecule has 2 N–H and O–H groups in total. The average Bonchev–Trinajstić information content (AvgIpc) is 2.86. The third-order valence-corrected chi connectivity index (χ3v) is 6.82. The smallest absolute Gasteiger partial charge is 0.306 e. The summed E-state index contributed by atoms with van der Waals surface area (Å²) in [5.74, 6) is -0.914. The van der Waals surface area contributed by atoms with E-state index >= 15 is 0 Å². The number of carboxylic acid groups (broad SMARTS) is 1. The van der Waals surface area contributed by atoms with E-state index in [1.165, 1.54) is 11.1 Å². The molecule has 0 amide bonds. The van der Waals surface area contributed by atoms with E-state index in [1.54, 1.807) is 6.20 Å². The lowest BCUT2D eigenvalue weighted by atomic mass is 9.83. The van der Waals surface area contributed by atoms with Gasteiger partial charge in [-0.1, -0.05) is 41.6 Å². The number of benzene rings is 2. The molecule has 1 aliphatic heterocycles. The van der Waals surface area contributed by atoms with Gasteiger partial charge in [-0.05, 0) is 67.6 Å². The number of rotatable bonds is 7. The summed E-state index contributed by atoms with van der Waals surface area (Å²) in [6, 6.07) is 20.7. The molecule has 2 aromatic carbocycles. The van der Waals surface area contributed by atoms with Crippen molar-refractivity contribution in [2.45, 2.75) is 39.0 Å². The molecule has 0 aliphatic carbocycles. The molecule has 0 unspecified atom stereocenters. The molecule has 0 spiro atoms. The highest BCUT2D eigenvalue weighted by atomic mass is 16.4. The van der Waals surface area contributed by atoms with Crippen molar-refractivity contribution in [3.05, 3.63) is 94.8 Å². The molecule has 1 fully saturated rings. The Kier molecular flexibility index (Phi) is 7.26. The zero-order valence-electron chi connectivity index (χ0n) is 19.7. The van der Waals surface area contributed by atoms with Crippen LogP contribution in [0.1, 0.15) is 53.1 Å². The number of oxime groups is 1. The normalized spacial score (nSPS) is 15.8. The predicted octanol–water partition coefficient (Wildman–Crippen LogP) is 5.40. The lowest BCUT2D eigenvalue weighted by molar-refractivity contribution is -0.142. The highest BCUT2D eigenvalue weighted by Gasteiger charge is 2.25. The Morgan fingerprint density at radius 3 is 2.41 bits per heavy atom. The molecule has 2 heterocycles. The predicted molar refractivity (Wildman–Crippen MR) is 134 cm³/mol. The summed E-state index contributed by atoms with van der Waals surface area (Å²) in [5.41, 5.74) is 7.01. The molecule has 3 aromatic rings. The van der Waals surface area contributed by atoms with Crippen LogP contribution in [-0.4, -0.2) is 40.1 Å². The van der Waals surface area contributed by atoms with Crippen LogP contribution in [0.25, 0.3) is 0 Å². The van der Waals surface area contributed by atoms with Crippen molar-refractivity contribution in [1.29, 1.82) is 0 Å². The summed E-state index contributed by atoms with van der Waals surface area (Å²) < 4.78 is 0. The largest absolute Gasteiger partial charge is 0.481 e. The average molecular weight is 458 g/mol. The number of piperidine rings is 1. The first-order valence-corrected chi connectivity index (χ1v) is 11.7. The molecule has 34 heavy (non-hydrogen) atoms. The Morgan fingerprint density at radius 2 is 1.79 bits per heavy atom. The van der Waals surface area contributed by atoms with Gasteiger partial charge in [-0.25, -0.2) is 0 Å². The van der Waals surface area contributed by atoms with Crippen molar-refractivity contribution in [1.82, 2.24) is 4.98 Å². The number of carboxylic acids is 1. The third-order valence-electron chi connectivity index (χ3n) is 6.82. The molecule has 6 heteroatoms. The molecule has 0 bridgehead atoms. The van der Waals surface area contributed by atoms with Gasteiger partial charge in [0.05, 0.1) is 11.6 Å². The summed E-state index contributed by atoms with van der Waals surface area (Å²) in [5, 5.41) is 22.8. The van der Waals surface area contributed by atoms with Crippen LogP contribution in [0.3, 0.4) is 0 Å². The SMILES string of the molecule is Cc1cc(C(C[C@H](c2ccc(N3CCC(C(=O)O)CC3)cc2)c2ccccc2C)=NO)ccn1. The monoisotopic (exact) mass is 457 g/mol. The summed E-state index contributed by atoms with van der Waals surface area (Å²) in [4.78, 5) is 17.8. The van der Waals surface area contributed by atoms with E-state index in [0.29, 0.717) is 25.0 Å². The molecule has 1 atom stereocenters. The standard InChI is InChI=1S/C28H31N3O3/c1-19-5-3-4-6-25(19)26(18-27(30-34)23-11-14-29-20(2)17-23)21-7-9-24(10-8-21)31-15-12-22(13-16-31)28(32)33/h3-11,14,17,22,26,34H,12-13,15-16,18H2,1-2H3,(H,32,33)/t26-/m1/s1. The molecule has 6 nitrogen and oxygen atoms in total. The molecule has 0 saturated carbocycles. The van der Waals surface area contributed by atoms with E-state index in [9.17, 15) is 15.1 Å². The van der Waals surface area contributed by atoms with Gasteiger partial charge in [0.25, 0.3) is 0 Å². The summed E-state index contributed by atoms with van der Waals surface area (Å²) in [6.45, 7) is 5.53. The second-order valence-electron chi connectivity index (χ2n) is 9.04. The second kappa shape index (κ2) is 10.5. The Labute approximate surface area is 200 Å². The Balaban J connectivity index is 1.61. The van der Waals surface area contributed by atoms with E-state index in [2.05, 4.69) is 58.4 Å². The van der Waals surface area contributed by atoms with Gasteiger partial charge in [-0.3, -0.25) is 9.78 Å². The lowest BCUT2D eigenvalue weighted by Gasteiger charge is -2.32. The summed E-state index contributed by atoms with van der Waals surface area (Å²) in [7, 11) is 0. The number of aliphatic carboxylic acids is 1. The van der Waals surface area contributed by atoms with Crippen molar-refractivity contribution in [3.8, 4) is 0 Å². The van der Waals surface area contributed by atoms with Crippen LogP contribution < -0.4 is 4.90 Å². The van der Waals surface area contributed by atoms with Gasteiger partial charge in [0.15, 0.2) is 0 Å². The van der Waals surface area contributed by atoms with Crippen molar-refractivity contribution in [3.63, 3.8) is 0 Å². The highest BCUT2D eigenvalue weighted by molar-refractivity contribution is 6.01. The number of carbonyl (C=O) groups is 1. The fraction of sp³-hybridized carbons (Fsp3) is 0.321. The minimum absolute atomic E-state index is 0.0207. The maximum Gasteiger partial charge on any atom is 0.306 e. The maximum atomic E-state index is 11.3. The van der Waals surface area contributed by atoms with Crippen LogP contribution in [0, 0.1) is 19.8 Å². The number of nitrogens with zero attached hydrogens (tertiary/aromatic N) is 3. The zero-order valence-corrected chi connectivity index (χ0v) is 19.7. The van der Waals surface area contributed by atoms with E-state index in [4.69, 9.17) is 0 Å². The first-order valence-electron chi connectivity index (χ1n) is 11.7. The van der Waals surface area contributed by atoms with Crippen molar-refractivity contribution in [2.24, 2.45) is 11.1 Å². The molecular weight excluding hydrogens is 426 g/mol. The Morgan fingerprint density at radius 1 is 1.09 bits per heavy atom. The zero-order chi connectivity index (χ0) is 24.1. The van der Waals surface area contributed by atoms with Crippen molar-refractivity contribution in [2.75, 3.05) is 18.0 Å². The van der Waals surface area contributed by atoms with Gasteiger partial charge in [-0.15, -0.1) is 0 Å².